The number of fused-ring (bicyclic) bond motifs is 48. The van der Waals surface area contributed by atoms with Crippen LogP contribution in [-0.4, -0.2) is 43.6 Å². The van der Waals surface area contributed by atoms with Gasteiger partial charge in [0.05, 0.1) is 50.2 Å². The number of nitrogens with zero attached hydrogens (tertiary/aromatic N) is 9. The minimum Gasteiger partial charge on any atom is -0.456 e. The van der Waals surface area contributed by atoms with Crippen molar-refractivity contribution in [1.82, 2.24) is 43.6 Å². The third kappa shape index (κ3) is 11.8. The molecule has 15 aromatic heterocycles. The molecule has 0 aliphatic rings. The van der Waals surface area contributed by atoms with Crippen molar-refractivity contribution in [3.05, 3.63) is 419 Å². The smallest absolute Gasteiger partial charge is 0.236 e. The highest BCUT2D eigenvalue weighted by molar-refractivity contribution is 7.29. The van der Waals surface area contributed by atoms with Gasteiger partial charge in [0.2, 0.25) is 17.8 Å². The van der Waals surface area contributed by atoms with Crippen LogP contribution in [0.25, 0.3) is 335 Å². The molecule has 21 aromatic carbocycles. The van der Waals surface area contributed by atoms with Crippen molar-refractivity contribution in [2.75, 3.05) is 0 Å². The summed E-state index contributed by atoms with van der Waals surface area (Å²) < 4.78 is 33.8. The molecular weight excluding hydrogens is 1970 g/mol. The Morgan fingerprint density at radius 3 is 0.887 bits per heavy atom. The maximum atomic E-state index is 6.62. The third-order valence-corrected chi connectivity index (χ3v) is 38.7. The zero-order valence-electron chi connectivity index (χ0n) is 79.0. The molecule has 0 N–H and O–H groups in total. The van der Waals surface area contributed by atoms with Gasteiger partial charge in [-0.15, -0.1) is 79.4 Å². The van der Waals surface area contributed by atoms with E-state index in [2.05, 4.69) is 408 Å². The van der Waals surface area contributed by atoms with Crippen LogP contribution in [0.15, 0.2) is 427 Å². The van der Waals surface area contributed by atoms with Crippen molar-refractivity contribution < 1.29 is 8.83 Å². The molecule has 0 bridgehead atoms. The van der Waals surface area contributed by atoms with Crippen LogP contribution in [0.5, 0.6) is 0 Å². The van der Waals surface area contributed by atoms with Crippen LogP contribution in [0.2, 0.25) is 0 Å². The number of rotatable bonds is 6. The molecule has 0 radical (unpaired) electrons. The second kappa shape index (κ2) is 31.9. The van der Waals surface area contributed by atoms with Crippen molar-refractivity contribution in [3.8, 4) is 51.6 Å². The lowest BCUT2D eigenvalue weighted by Crippen LogP contribution is -2.03. The average Bonchev–Trinajstić information content (AvgIpc) is 1.54. The Morgan fingerprint density at radius 1 is 0.173 bits per heavy atom. The number of thiophene rings is 7. The molecule has 15 heterocycles. The normalized spacial score (nSPS) is 12.4. The standard InChI is InChI=1S/2C44H23N3OS2.C44H23N3S3/c1-2-14-26-25(13-1)36-29-16-5-9-22-34(29)49-42(36)38-28-15-3-7-20-32(28)47(40(26)38)44-45-39(37-30-17-6-10-23-35(30)50-43(37)46-44)31-19-11-18-27-24-12-4-8-21-33(24)48-41(27)31;1-2-13-27-26(12-1)37-29-15-5-9-19-35(29)49-42(37)39-28-14-3-7-17-32(28)47(41(27)39)44-45-40(38-30-16-6-10-20-36(30)50-43(38)46-44)24-21-22-34-31(23-24)25-11-4-8-18-33(25)48-34;1-2-14-26-25(13-1)36-29-16-5-9-22-34(29)49-42(36)38-28-15-3-7-20-32(28)47(40(26)38)44-45-39(37-30-17-6-10-23-35(30)50-43(37)46-44)31-19-11-18-27-24-12-4-8-21-33(24)48-41(27)31/h3*1-23H. The minimum absolute atomic E-state index is 0.656. The highest BCUT2D eigenvalue weighted by Gasteiger charge is 2.32. The fourth-order valence-electron chi connectivity index (χ4n) is 24.5. The van der Waals surface area contributed by atoms with Gasteiger partial charge in [-0.2, -0.15) is 0 Å². The van der Waals surface area contributed by atoms with Crippen molar-refractivity contribution >= 4 is 363 Å². The molecule has 0 saturated heterocycles. The van der Waals surface area contributed by atoms with E-state index in [0.29, 0.717) is 17.8 Å². The number of furan rings is 2. The molecule has 0 saturated carbocycles. The van der Waals surface area contributed by atoms with E-state index in [0.717, 1.165) is 147 Å². The summed E-state index contributed by atoms with van der Waals surface area (Å²) in [7, 11) is 0. The fraction of sp³-hybridized carbons (Fsp3) is 0. The van der Waals surface area contributed by atoms with Crippen LogP contribution < -0.4 is 0 Å². The first kappa shape index (κ1) is 83.4. The van der Waals surface area contributed by atoms with Crippen LogP contribution in [0.4, 0.5) is 0 Å². The lowest BCUT2D eigenvalue weighted by atomic mass is 10.00. The van der Waals surface area contributed by atoms with Gasteiger partial charge >= 0.3 is 0 Å². The number of aromatic nitrogens is 9. The number of para-hydroxylation sites is 6. The van der Waals surface area contributed by atoms with Crippen LogP contribution in [0, 0.1) is 0 Å². The predicted octanol–water partition coefficient (Wildman–Crippen LogP) is 39.6. The molecule has 36 aromatic rings. The number of hydrogen-bond acceptors (Lipinski definition) is 15. The summed E-state index contributed by atoms with van der Waals surface area (Å²) >= 11 is 12.7. The molecular formula is C132H69N9O2S7. The SMILES string of the molecule is c1ccc2c(c1)oc1c(-c3nc(-n4c5ccccc5c5c6sc7ccccc7c6c6ccccc6c54)nc4sc5ccccc5c34)cccc12.c1ccc2c(c1)oc1ccc(-c3nc(-n4c5ccccc5c5c6sc7ccccc7c6c6ccccc6c54)nc4sc5ccccc5c34)cc12.c1ccc2c(c1)sc1c(-c3nc(-n4c5ccccc5c5c6sc7ccccc7c6c6ccccc6c54)nc4sc5ccccc5c34)cccc12. The van der Waals surface area contributed by atoms with Crippen molar-refractivity contribution in [3.63, 3.8) is 0 Å². The Morgan fingerprint density at radius 2 is 0.460 bits per heavy atom. The van der Waals surface area contributed by atoms with E-state index in [-0.39, 0.29) is 0 Å². The Labute approximate surface area is 877 Å². The van der Waals surface area contributed by atoms with E-state index in [1.807, 2.05) is 69.6 Å². The summed E-state index contributed by atoms with van der Waals surface area (Å²) in [4.78, 5) is 36.1. The molecule has 18 heteroatoms. The second-order valence-corrected chi connectivity index (χ2v) is 45.9. The van der Waals surface area contributed by atoms with E-state index in [4.69, 9.17) is 38.7 Å². The third-order valence-electron chi connectivity index (χ3n) is 30.7. The van der Waals surface area contributed by atoms with Gasteiger partial charge in [-0.1, -0.05) is 322 Å². The van der Waals surface area contributed by atoms with Gasteiger partial charge in [0, 0.05) is 214 Å². The maximum Gasteiger partial charge on any atom is 0.236 e. The lowest BCUT2D eigenvalue weighted by molar-refractivity contribution is 0.669. The van der Waals surface area contributed by atoms with E-state index >= 15 is 0 Å². The first-order chi connectivity index (χ1) is 74.4. The summed E-state index contributed by atoms with van der Waals surface area (Å²) in [6.07, 6.45) is 0. The van der Waals surface area contributed by atoms with E-state index in [1.54, 1.807) is 34.0 Å². The van der Waals surface area contributed by atoms with Gasteiger partial charge in [-0.3, -0.25) is 13.7 Å². The predicted molar refractivity (Wildman–Crippen MR) is 643 cm³/mol. The first-order valence-electron chi connectivity index (χ1n) is 50.0. The highest BCUT2D eigenvalue weighted by Crippen LogP contribution is 2.56. The molecule has 11 nitrogen and oxygen atoms in total. The molecule has 0 amide bonds. The van der Waals surface area contributed by atoms with Gasteiger partial charge in [-0.05, 0) is 113 Å². The maximum absolute atomic E-state index is 6.62. The summed E-state index contributed by atoms with van der Waals surface area (Å²) in [5.41, 5.74) is 16.2. The molecule has 0 spiro atoms. The summed E-state index contributed by atoms with van der Waals surface area (Å²) in [5.74, 6) is 2.03. The van der Waals surface area contributed by atoms with Crippen molar-refractivity contribution in [2.45, 2.75) is 0 Å². The van der Waals surface area contributed by atoms with Crippen LogP contribution >= 0.6 is 79.4 Å². The van der Waals surface area contributed by atoms with Crippen LogP contribution in [-0.2, 0) is 0 Å². The van der Waals surface area contributed by atoms with Gasteiger partial charge in [0.1, 0.15) is 36.8 Å². The van der Waals surface area contributed by atoms with Gasteiger partial charge in [0.25, 0.3) is 0 Å². The van der Waals surface area contributed by atoms with E-state index in [1.165, 1.54) is 170 Å². The van der Waals surface area contributed by atoms with Crippen LogP contribution in [0.3, 0.4) is 0 Å². The van der Waals surface area contributed by atoms with Gasteiger partial charge in [0.15, 0.2) is 0 Å². The van der Waals surface area contributed by atoms with Gasteiger partial charge < -0.3 is 8.83 Å². The molecule has 0 aliphatic carbocycles. The molecule has 0 aliphatic heterocycles. The zero-order valence-corrected chi connectivity index (χ0v) is 84.8. The fourth-order valence-corrected chi connectivity index (χ4v) is 32.7. The number of hydrogen-bond donors (Lipinski definition) is 0. The molecule has 696 valence electrons. The monoisotopic (exact) mass is 2040 g/mol. The van der Waals surface area contributed by atoms with Crippen molar-refractivity contribution in [2.24, 2.45) is 0 Å². The first-order valence-corrected chi connectivity index (χ1v) is 55.7. The molecule has 150 heavy (non-hydrogen) atoms. The molecule has 0 fully saturated rings. The largest absolute Gasteiger partial charge is 0.456 e. The number of benzene rings is 21. The molecule has 36 rings (SSSR count). The van der Waals surface area contributed by atoms with E-state index in [9.17, 15) is 0 Å². The highest BCUT2D eigenvalue weighted by atomic mass is 32.1. The lowest BCUT2D eigenvalue weighted by Gasteiger charge is -2.12. The van der Waals surface area contributed by atoms with Crippen molar-refractivity contribution in [1.29, 1.82) is 0 Å². The Kier molecular flexibility index (Phi) is 17.7. The zero-order chi connectivity index (χ0) is 97.5. The molecule has 0 unspecified atom stereocenters. The Bertz CT molecular complexity index is 11900. The second-order valence-electron chi connectivity index (χ2n) is 38.6. The summed E-state index contributed by atoms with van der Waals surface area (Å²) in [5, 5.41) is 36.3. The quantitative estimate of drug-likeness (QED) is 0.162. The Balaban J connectivity index is 0.0000000957. The summed E-state index contributed by atoms with van der Waals surface area (Å²) in [6.45, 7) is 0. The molecule has 0 atom stereocenters. The minimum atomic E-state index is 0.656. The van der Waals surface area contributed by atoms with Crippen LogP contribution in [0.1, 0.15) is 0 Å². The topological polar surface area (TPSA) is 118 Å². The summed E-state index contributed by atoms with van der Waals surface area (Å²) in [6, 6.07) is 150. The van der Waals surface area contributed by atoms with E-state index < -0.39 is 0 Å². The van der Waals surface area contributed by atoms with Gasteiger partial charge in [-0.25, -0.2) is 29.9 Å². The average molecular weight is 2040 g/mol. The Hall–Kier alpha value is -17.8.